The van der Waals surface area contributed by atoms with Crippen LogP contribution in [0.4, 0.5) is 0 Å². The third kappa shape index (κ3) is 6.02. The van der Waals surface area contributed by atoms with Crippen molar-refractivity contribution in [1.82, 2.24) is 9.71 Å². The molecule has 1 heterocycles. The quantitative estimate of drug-likeness (QED) is 0.283. The van der Waals surface area contributed by atoms with Crippen LogP contribution in [0.2, 0.25) is 0 Å². The van der Waals surface area contributed by atoms with Gasteiger partial charge in [-0.3, -0.25) is 0 Å². The number of thiazole rings is 1. The fourth-order valence-corrected chi connectivity index (χ4v) is 5.95. The number of hydrogen-bond donors (Lipinski definition) is 2. The summed E-state index contributed by atoms with van der Waals surface area (Å²) in [5.41, 5.74) is 4.20. The van der Waals surface area contributed by atoms with E-state index in [0.29, 0.717) is 17.8 Å². The van der Waals surface area contributed by atoms with E-state index in [0.717, 1.165) is 38.6 Å². The predicted molar refractivity (Wildman–Crippen MR) is 135 cm³/mol. The van der Waals surface area contributed by atoms with Crippen LogP contribution < -0.4 is 4.72 Å². The second-order valence-electron chi connectivity index (χ2n) is 8.21. The van der Waals surface area contributed by atoms with Crippen molar-refractivity contribution < 1.29 is 18.3 Å². The Labute approximate surface area is 205 Å². The number of aliphatic hydroxyl groups is 1. The van der Waals surface area contributed by atoms with Crippen molar-refractivity contribution in [3.63, 3.8) is 0 Å². The molecule has 9 heteroatoms. The molecule has 2 aromatic rings. The highest BCUT2D eigenvalue weighted by Crippen LogP contribution is 2.40. The molecule has 180 valence electrons. The second kappa shape index (κ2) is 11.1. The van der Waals surface area contributed by atoms with Crippen molar-refractivity contribution in [3.05, 3.63) is 70.6 Å². The molecule has 0 unspecified atom stereocenters. The number of nitriles is 1. The minimum atomic E-state index is -3.54. The molecule has 0 saturated heterocycles. The minimum absolute atomic E-state index is 0.0347. The predicted octanol–water partition coefficient (Wildman–Crippen LogP) is 4.50. The van der Waals surface area contributed by atoms with Crippen molar-refractivity contribution in [2.75, 3.05) is 12.4 Å². The molecule has 0 spiro atoms. The van der Waals surface area contributed by atoms with E-state index in [9.17, 15) is 13.7 Å². The molecule has 0 fully saturated rings. The molecular formula is C25H29N3O4S2. The summed E-state index contributed by atoms with van der Waals surface area (Å²) in [6.45, 7) is 9.05. The first-order valence-electron chi connectivity index (χ1n) is 11.0. The largest absolute Gasteiger partial charge is 0.494 e. The number of nitrogens with one attached hydrogen (secondary N) is 1. The summed E-state index contributed by atoms with van der Waals surface area (Å²) in [6, 6.07) is 7.74. The summed E-state index contributed by atoms with van der Waals surface area (Å²) in [6.07, 6.45) is 6.56. The molecule has 2 N–H and O–H groups in total. The number of aliphatic hydroxyl groups excluding tert-OH is 1. The zero-order chi connectivity index (χ0) is 24.9. The maximum Gasteiger partial charge on any atom is 0.214 e. The van der Waals surface area contributed by atoms with Crippen LogP contribution in [0.1, 0.15) is 49.4 Å². The standard InChI is InChI=1S/C25H29N3O4S2/c1-5-18(13-19(14-26)17(4)32-16(2)3)25-27-15-24(33-25)22-8-6-7-21-20(22)9-10-23(21)28-34(30,31)12-11-29/h5-8,13,15-16,23,28-29H,1,9-12H2,2-4H3/b18-13+,19-17-/t23-/m0/s1. The van der Waals surface area contributed by atoms with Gasteiger partial charge < -0.3 is 9.84 Å². The van der Waals surface area contributed by atoms with E-state index in [-0.39, 0.29) is 17.9 Å². The molecule has 0 amide bonds. The van der Waals surface area contributed by atoms with Gasteiger partial charge in [-0.05, 0) is 56.4 Å². The van der Waals surface area contributed by atoms with Crippen LogP contribution in [-0.2, 0) is 21.2 Å². The summed E-state index contributed by atoms with van der Waals surface area (Å²) in [5, 5.41) is 19.3. The summed E-state index contributed by atoms with van der Waals surface area (Å²) in [7, 11) is -3.54. The van der Waals surface area contributed by atoms with Gasteiger partial charge in [0.25, 0.3) is 0 Å². The highest BCUT2D eigenvalue weighted by atomic mass is 32.2. The first-order valence-corrected chi connectivity index (χ1v) is 13.5. The Kier molecular flexibility index (Phi) is 8.44. The Balaban J connectivity index is 1.93. The average molecular weight is 500 g/mol. The molecule has 1 aliphatic carbocycles. The molecule has 3 rings (SSSR count). The molecule has 1 aromatic heterocycles. The van der Waals surface area contributed by atoms with Crippen LogP contribution in [0.3, 0.4) is 0 Å². The Morgan fingerprint density at radius 1 is 1.47 bits per heavy atom. The van der Waals surface area contributed by atoms with E-state index >= 15 is 0 Å². The smallest absolute Gasteiger partial charge is 0.214 e. The lowest BCUT2D eigenvalue weighted by Gasteiger charge is -2.14. The number of sulfonamides is 1. The number of fused-ring (bicyclic) bond motifs is 1. The Morgan fingerprint density at radius 3 is 2.88 bits per heavy atom. The van der Waals surface area contributed by atoms with Crippen molar-refractivity contribution in [1.29, 1.82) is 5.26 Å². The van der Waals surface area contributed by atoms with E-state index < -0.39 is 16.6 Å². The first-order chi connectivity index (χ1) is 16.2. The third-order valence-corrected chi connectivity index (χ3v) is 7.85. The van der Waals surface area contributed by atoms with E-state index in [1.807, 2.05) is 32.0 Å². The number of ether oxygens (including phenoxy) is 1. The summed E-state index contributed by atoms with van der Waals surface area (Å²) in [4.78, 5) is 5.52. The zero-order valence-electron chi connectivity index (χ0n) is 19.5. The highest BCUT2D eigenvalue weighted by Gasteiger charge is 2.28. The van der Waals surface area contributed by atoms with Crippen molar-refractivity contribution in [3.8, 4) is 16.5 Å². The van der Waals surface area contributed by atoms with Crippen molar-refractivity contribution >= 4 is 26.9 Å². The van der Waals surface area contributed by atoms with Gasteiger partial charge in [0.05, 0.1) is 28.9 Å². The van der Waals surface area contributed by atoms with Crippen LogP contribution in [-0.4, -0.2) is 37.0 Å². The van der Waals surface area contributed by atoms with Gasteiger partial charge in [-0.2, -0.15) is 5.26 Å². The Hall–Kier alpha value is -2.77. The van der Waals surface area contributed by atoms with Crippen molar-refractivity contribution in [2.45, 2.75) is 45.8 Å². The average Bonchev–Trinajstić information content (AvgIpc) is 3.41. The fourth-order valence-electron chi connectivity index (χ4n) is 3.93. The van der Waals surface area contributed by atoms with E-state index in [4.69, 9.17) is 9.84 Å². The van der Waals surface area contributed by atoms with Gasteiger partial charge in [0, 0.05) is 17.8 Å². The Bertz CT molecular complexity index is 1270. The molecule has 0 aliphatic heterocycles. The van der Waals surface area contributed by atoms with Crippen LogP contribution in [0.5, 0.6) is 0 Å². The molecular weight excluding hydrogens is 470 g/mol. The number of allylic oxidation sites excluding steroid dienone is 5. The van der Waals surface area contributed by atoms with E-state index in [1.165, 1.54) is 11.3 Å². The fraction of sp³-hybridized carbons (Fsp3) is 0.360. The maximum atomic E-state index is 12.2. The van der Waals surface area contributed by atoms with Crippen LogP contribution >= 0.6 is 11.3 Å². The lowest BCUT2D eigenvalue weighted by molar-refractivity contribution is 0.148. The number of nitrogens with zero attached hydrogens (tertiary/aromatic N) is 2. The van der Waals surface area contributed by atoms with Gasteiger partial charge in [0.15, 0.2) is 0 Å². The third-order valence-electron chi connectivity index (χ3n) is 5.40. The lowest BCUT2D eigenvalue weighted by atomic mass is 10.0. The SMILES string of the molecule is C=C/C(=C\C(C#N)=C(/C)OC(C)C)c1ncc(-c2cccc3c2CC[C@@H]3NS(=O)(=O)CCO)s1. The van der Waals surface area contributed by atoms with E-state index in [2.05, 4.69) is 22.4 Å². The van der Waals surface area contributed by atoms with Gasteiger partial charge in [0.2, 0.25) is 10.0 Å². The van der Waals surface area contributed by atoms with Gasteiger partial charge in [-0.1, -0.05) is 30.9 Å². The lowest BCUT2D eigenvalue weighted by Crippen LogP contribution is -2.30. The molecule has 1 atom stereocenters. The zero-order valence-corrected chi connectivity index (χ0v) is 21.2. The van der Waals surface area contributed by atoms with Gasteiger partial charge in [-0.25, -0.2) is 18.1 Å². The minimum Gasteiger partial charge on any atom is -0.494 e. The van der Waals surface area contributed by atoms with Crippen LogP contribution in [0.15, 0.2) is 54.5 Å². The number of hydrogen-bond acceptors (Lipinski definition) is 7. The topological polar surface area (TPSA) is 112 Å². The number of rotatable bonds is 10. The normalized spacial score (nSPS) is 16.7. The second-order valence-corrected chi connectivity index (χ2v) is 11.1. The Morgan fingerprint density at radius 2 is 2.24 bits per heavy atom. The molecule has 1 aromatic carbocycles. The monoisotopic (exact) mass is 499 g/mol. The molecule has 0 bridgehead atoms. The van der Waals surface area contributed by atoms with E-state index in [1.54, 1.807) is 25.3 Å². The molecule has 0 radical (unpaired) electrons. The number of aromatic nitrogens is 1. The maximum absolute atomic E-state index is 12.2. The van der Waals surface area contributed by atoms with Crippen LogP contribution in [0.25, 0.3) is 16.0 Å². The van der Waals surface area contributed by atoms with Gasteiger partial charge in [0.1, 0.15) is 16.8 Å². The molecule has 34 heavy (non-hydrogen) atoms. The summed E-state index contributed by atoms with van der Waals surface area (Å²) in [5.74, 6) is 0.234. The summed E-state index contributed by atoms with van der Waals surface area (Å²) >= 11 is 1.49. The first kappa shape index (κ1) is 25.8. The highest BCUT2D eigenvalue weighted by molar-refractivity contribution is 7.89. The number of benzene rings is 1. The van der Waals surface area contributed by atoms with Gasteiger partial charge in [-0.15, -0.1) is 11.3 Å². The molecule has 0 saturated carbocycles. The summed E-state index contributed by atoms with van der Waals surface area (Å²) < 4.78 is 32.7. The molecule has 7 nitrogen and oxygen atoms in total. The van der Waals surface area contributed by atoms with Gasteiger partial charge >= 0.3 is 0 Å². The van der Waals surface area contributed by atoms with Crippen molar-refractivity contribution in [2.24, 2.45) is 0 Å². The van der Waals surface area contributed by atoms with Crippen LogP contribution in [0, 0.1) is 11.3 Å². The molecule has 1 aliphatic rings.